The van der Waals surface area contributed by atoms with Crippen LogP contribution in [0.5, 0.6) is 0 Å². The van der Waals surface area contributed by atoms with Gasteiger partial charge in [0.1, 0.15) is 0 Å². The van der Waals surface area contributed by atoms with Crippen molar-refractivity contribution in [3.05, 3.63) is 70.2 Å². The topological polar surface area (TPSA) is 52.9 Å². The Bertz CT molecular complexity index is 855. The van der Waals surface area contributed by atoms with E-state index in [1.54, 1.807) is 54.6 Å². The van der Waals surface area contributed by atoms with Crippen molar-refractivity contribution in [2.75, 3.05) is 0 Å². The number of nitrogens with zero attached hydrogens (tertiary/aromatic N) is 2. The van der Waals surface area contributed by atoms with Crippen LogP contribution in [0.2, 0.25) is 0 Å². The van der Waals surface area contributed by atoms with Crippen LogP contribution in [0, 0.1) is 0 Å². The number of rotatable bonds is 3. The minimum Gasteiger partial charge on any atom is -0.362 e. The SMILES string of the molecule is O=C(Cc1ccccc1)N1N=C(c2cccc(Br)c2)C[C@@]1(O)C(F)(F)F. The summed E-state index contributed by atoms with van der Waals surface area (Å²) in [6, 6.07) is 14.9. The van der Waals surface area contributed by atoms with E-state index >= 15 is 0 Å². The fourth-order valence-corrected chi connectivity index (χ4v) is 3.10. The maximum atomic E-state index is 13.5. The molecule has 0 unspecified atom stereocenters. The zero-order chi connectivity index (χ0) is 18.9. The third-order valence-corrected chi connectivity index (χ3v) is 4.52. The molecular formula is C18H14BrF3N2O2. The minimum atomic E-state index is -5.05. The molecule has 26 heavy (non-hydrogen) atoms. The number of hydrogen-bond acceptors (Lipinski definition) is 3. The molecule has 0 radical (unpaired) electrons. The van der Waals surface area contributed by atoms with E-state index < -0.39 is 24.2 Å². The van der Waals surface area contributed by atoms with Gasteiger partial charge in [-0.3, -0.25) is 4.79 Å². The van der Waals surface area contributed by atoms with Gasteiger partial charge in [0, 0.05) is 4.47 Å². The van der Waals surface area contributed by atoms with Gasteiger partial charge in [0.25, 0.3) is 5.72 Å². The van der Waals surface area contributed by atoms with Crippen LogP contribution in [0.15, 0.2) is 64.2 Å². The Balaban J connectivity index is 1.96. The van der Waals surface area contributed by atoms with Gasteiger partial charge in [-0.05, 0) is 23.3 Å². The number of aliphatic hydroxyl groups is 1. The van der Waals surface area contributed by atoms with Crippen molar-refractivity contribution in [3.8, 4) is 0 Å². The van der Waals surface area contributed by atoms with Gasteiger partial charge in [0.15, 0.2) is 0 Å². The first-order valence-electron chi connectivity index (χ1n) is 7.70. The summed E-state index contributed by atoms with van der Waals surface area (Å²) in [6.45, 7) is 0. The molecule has 0 fully saturated rings. The molecule has 0 bridgehead atoms. The molecule has 1 N–H and O–H groups in total. The standard InChI is InChI=1S/C18H14BrF3N2O2/c19-14-8-4-7-13(10-14)15-11-17(26,18(20,21)22)24(23-15)16(25)9-12-5-2-1-3-6-12/h1-8,10,26H,9,11H2/t17-/m1/s1. The van der Waals surface area contributed by atoms with Crippen LogP contribution in [0.3, 0.4) is 0 Å². The molecule has 0 spiro atoms. The van der Waals surface area contributed by atoms with E-state index in [0.29, 0.717) is 15.6 Å². The second-order valence-corrected chi connectivity index (χ2v) is 6.83. The summed E-state index contributed by atoms with van der Waals surface area (Å²) in [7, 11) is 0. The van der Waals surface area contributed by atoms with Gasteiger partial charge >= 0.3 is 6.18 Å². The van der Waals surface area contributed by atoms with Crippen LogP contribution >= 0.6 is 15.9 Å². The van der Waals surface area contributed by atoms with E-state index in [0.717, 1.165) is 0 Å². The summed E-state index contributed by atoms with van der Waals surface area (Å²) in [4.78, 5) is 12.5. The molecule has 1 atom stereocenters. The molecule has 1 amide bonds. The number of hydrogen-bond donors (Lipinski definition) is 1. The van der Waals surface area contributed by atoms with E-state index in [-0.39, 0.29) is 17.1 Å². The number of carbonyl (C=O) groups excluding carboxylic acids is 1. The summed E-state index contributed by atoms with van der Waals surface area (Å²) in [5.74, 6) is -0.930. The highest BCUT2D eigenvalue weighted by atomic mass is 79.9. The van der Waals surface area contributed by atoms with Gasteiger partial charge in [-0.15, -0.1) is 0 Å². The zero-order valence-electron chi connectivity index (χ0n) is 13.4. The van der Waals surface area contributed by atoms with Crippen molar-refractivity contribution >= 4 is 27.5 Å². The van der Waals surface area contributed by atoms with Gasteiger partial charge in [-0.1, -0.05) is 58.4 Å². The number of carbonyl (C=O) groups is 1. The van der Waals surface area contributed by atoms with Crippen molar-refractivity contribution in [2.45, 2.75) is 24.7 Å². The van der Waals surface area contributed by atoms with Crippen molar-refractivity contribution in [1.82, 2.24) is 5.01 Å². The lowest BCUT2D eigenvalue weighted by Gasteiger charge is -2.32. The highest BCUT2D eigenvalue weighted by molar-refractivity contribution is 9.10. The van der Waals surface area contributed by atoms with Crippen LogP contribution in [0.4, 0.5) is 13.2 Å². The maximum absolute atomic E-state index is 13.5. The van der Waals surface area contributed by atoms with E-state index in [2.05, 4.69) is 21.0 Å². The zero-order valence-corrected chi connectivity index (χ0v) is 15.0. The molecule has 0 saturated carbocycles. The van der Waals surface area contributed by atoms with Crippen LogP contribution in [-0.2, 0) is 11.2 Å². The fourth-order valence-electron chi connectivity index (χ4n) is 2.70. The lowest BCUT2D eigenvalue weighted by molar-refractivity contribution is -0.302. The van der Waals surface area contributed by atoms with Crippen LogP contribution in [0.25, 0.3) is 0 Å². The molecule has 2 aromatic carbocycles. The Morgan fingerprint density at radius 2 is 1.88 bits per heavy atom. The monoisotopic (exact) mass is 426 g/mol. The van der Waals surface area contributed by atoms with Crippen molar-refractivity contribution in [1.29, 1.82) is 0 Å². The molecule has 1 aliphatic heterocycles. The first-order chi connectivity index (χ1) is 12.2. The Morgan fingerprint density at radius 1 is 1.19 bits per heavy atom. The van der Waals surface area contributed by atoms with Gasteiger partial charge in [-0.2, -0.15) is 23.3 Å². The van der Waals surface area contributed by atoms with Crippen molar-refractivity contribution < 1.29 is 23.1 Å². The van der Waals surface area contributed by atoms with Gasteiger partial charge in [0.2, 0.25) is 5.91 Å². The van der Waals surface area contributed by atoms with E-state index in [9.17, 15) is 23.1 Å². The third-order valence-electron chi connectivity index (χ3n) is 4.03. The average molecular weight is 427 g/mol. The normalized spacial score (nSPS) is 20.2. The van der Waals surface area contributed by atoms with E-state index in [4.69, 9.17) is 0 Å². The lowest BCUT2D eigenvalue weighted by Crippen LogP contribution is -2.57. The largest absolute Gasteiger partial charge is 0.438 e. The molecule has 1 aliphatic rings. The molecular weight excluding hydrogens is 413 g/mol. The quantitative estimate of drug-likeness (QED) is 0.809. The molecule has 8 heteroatoms. The van der Waals surface area contributed by atoms with Crippen molar-refractivity contribution in [2.24, 2.45) is 5.10 Å². The number of amides is 1. The molecule has 3 rings (SSSR count). The highest BCUT2D eigenvalue weighted by Gasteiger charge is 2.63. The summed E-state index contributed by atoms with van der Waals surface area (Å²) in [5, 5.41) is 14.3. The second kappa shape index (κ2) is 6.85. The third kappa shape index (κ3) is 3.52. The molecule has 2 aromatic rings. The Labute approximate surface area is 156 Å². The Morgan fingerprint density at radius 3 is 2.50 bits per heavy atom. The van der Waals surface area contributed by atoms with Gasteiger partial charge in [0.05, 0.1) is 18.6 Å². The number of halogens is 4. The first-order valence-corrected chi connectivity index (χ1v) is 8.49. The molecule has 0 saturated heterocycles. The fraction of sp³-hybridized carbons (Fsp3) is 0.222. The summed E-state index contributed by atoms with van der Waals surface area (Å²) >= 11 is 3.25. The minimum absolute atomic E-state index is 0.00691. The Kier molecular flexibility index (Phi) is 4.90. The van der Waals surface area contributed by atoms with Crippen LogP contribution in [-0.4, -0.2) is 33.6 Å². The Hall–Kier alpha value is -2.19. The predicted octanol–water partition coefficient (Wildman–Crippen LogP) is 3.88. The predicted molar refractivity (Wildman–Crippen MR) is 93.3 cm³/mol. The van der Waals surface area contributed by atoms with E-state index in [1.807, 2.05) is 0 Å². The van der Waals surface area contributed by atoms with Gasteiger partial charge in [-0.25, -0.2) is 0 Å². The average Bonchev–Trinajstić information content (AvgIpc) is 2.95. The number of alkyl halides is 3. The molecule has 0 aliphatic carbocycles. The van der Waals surface area contributed by atoms with Gasteiger partial charge < -0.3 is 5.11 Å². The van der Waals surface area contributed by atoms with Crippen LogP contribution < -0.4 is 0 Å². The smallest absolute Gasteiger partial charge is 0.362 e. The summed E-state index contributed by atoms with van der Waals surface area (Å²) in [6.07, 6.45) is -6.17. The first kappa shape index (κ1) is 18.6. The molecule has 4 nitrogen and oxygen atoms in total. The lowest BCUT2D eigenvalue weighted by atomic mass is 10.0. The molecule has 136 valence electrons. The van der Waals surface area contributed by atoms with Crippen molar-refractivity contribution in [3.63, 3.8) is 0 Å². The van der Waals surface area contributed by atoms with E-state index in [1.165, 1.54) is 0 Å². The number of benzene rings is 2. The second-order valence-electron chi connectivity index (χ2n) is 5.92. The summed E-state index contributed by atoms with van der Waals surface area (Å²) in [5.41, 5.74) is -2.44. The molecule has 0 aromatic heterocycles. The van der Waals surface area contributed by atoms with Crippen LogP contribution in [0.1, 0.15) is 17.5 Å². The summed E-state index contributed by atoms with van der Waals surface area (Å²) < 4.78 is 41.3. The highest BCUT2D eigenvalue weighted by Crippen LogP contribution is 2.41. The maximum Gasteiger partial charge on any atom is 0.438 e. The molecule has 1 heterocycles. The number of hydrazone groups is 1.